The average molecular weight is 223 g/mol. The lowest BCUT2D eigenvalue weighted by Gasteiger charge is -2.20. The van der Waals surface area contributed by atoms with E-state index in [1.807, 2.05) is 6.20 Å². The molecule has 0 aliphatic heterocycles. The van der Waals surface area contributed by atoms with E-state index in [0.717, 1.165) is 26.1 Å². The largest absolute Gasteiger partial charge is 0.335 e. The van der Waals surface area contributed by atoms with Gasteiger partial charge in [0.15, 0.2) is 0 Å². The van der Waals surface area contributed by atoms with Gasteiger partial charge in [-0.1, -0.05) is 27.7 Å². The van der Waals surface area contributed by atoms with E-state index in [1.54, 1.807) is 0 Å². The Morgan fingerprint density at radius 2 is 2.12 bits per heavy atom. The molecule has 0 spiro atoms. The molecule has 0 saturated heterocycles. The topological polar surface area (TPSA) is 29.9 Å². The van der Waals surface area contributed by atoms with Gasteiger partial charge in [-0.05, 0) is 25.4 Å². The molecule has 1 heterocycles. The molecule has 1 N–H and O–H groups in total. The van der Waals surface area contributed by atoms with Crippen LogP contribution in [0.2, 0.25) is 0 Å². The van der Waals surface area contributed by atoms with Gasteiger partial charge in [0.2, 0.25) is 0 Å². The van der Waals surface area contributed by atoms with Gasteiger partial charge in [-0.2, -0.15) is 0 Å². The number of nitrogens with one attached hydrogen (secondary N) is 1. The van der Waals surface area contributed by atoms with Crippen LogP contribution in [-0.2, 0) is 6.54 Å². The molecule has 1 rings (SSSR count). The normalized spacial score (nSPS) is 15.0. The lowest BCUT2D eigenvalue weighted by Crippen LogP contribution is -2.25. The van der Waals surface area contributed by atoms with E-state index in [2.05, 4.69) is 48.8 Å². The molecule has 0 bridgehead atoms. The second-order valence-corrected chi connectivity index (χ2v) is 4.55. The van der Waals surface area contributed by atoms with Crippen molar-refractivity contribution in [2.75, 3.05) is 13.1 Å². The van der Waals surface area contributed by atoms with Crippen molar-refractivity contribution < 1.29 is 0 Å². The quantitative estimate of drug-likeness (QED) is 0.770. The standard InChI is InChI=1S/C13H25N3/c1-5-8-16-9-7-15-13(16)12(4)11(3)10-14-6-2/h7,9,11-12,14H,5-6,8,10H2,1-4H3. The zero-order valence-corrected chi connectivity index (χ0v) is 11.0. The summed E-state index contributed by atoms with van der Waals surface area (Å²) in [5, 5.41) is 3.41. The average Bonchev–Trinajstić information content (AvgIpc) is 2.73. The zero-order valence-electron chi connectivity index (χ0n) is 11.0. The monoisotopic (exact) mass is 223 g/mol. The van der Waals surface area contributed by atoms with Crippen LogP contribution in [-0.4, -0.2) is 22.6 Å². The molecule has 16 heavy (non-hydrogen) atoms. The molecular weight excluding hydrogens is 198 g/mol. The summed E-state index contributed by atoms with van der Waals surface area (Å²) in [6.45, 7) is 12.1. The summed E-state index contributed by atoms with van der Waals surface area (Å²) in [5.74, 6) is 2.37. The van der Waals surface area contributed by atoms with Crippen LogP contribution in [0.1, 0.15) is 45.9 Å². The van der Waals surface area contributed by atoms with Gasteiger partial charge >= 0.3 is 0 Å². The Bertz CT molecular complexity index is 293. The molecule has 3 heteroatoms. The molecule has 0 aliphatic carbocycles. The summed E-state index contributed by atoms with van der Waals surface area (Å²) in [4.78, 5) is 4.50. The second kappa shape index (κ2) is 6.69. The maximum absolute atomic E-state index is 4.50. The third kappa shape index (κ3) is 3.34. The first kappa shape index (κ1) is 13.2. The van der Waals surface area contributed by atoms with Gasteiger partial charge in [0.1, 0.15) is 5.82 Å². The third-order valence-corrected chi connectivity index (χ3v) is 3.19. The van der Waals surface area contributed by atoms with Crippen LogP contribution in [0.25, 0.3) is 0 Å². The van der Waals surface area contributed by atoms with Crippen LogP contribution < -0.4 is 5.32 Å². The van der Waals surface area contributed by atoms with Crippen molar-refractivity contribution in [3.05, 3.63) is 18.2 Å². The maximum Gasteiger partial charge on any atom is 0.111 e. The third-order valence-electron chi connectivity index (χ3n) is 3.19. The zero-order chi connectivity index (χ0) is 12.0. The van der Waals surface area contributed by atoms with Crippen molar-refractivity contribution >= 4 is 0 Å². The van der Waals surface area contributed by atoms with Gasteiger partial charge < -0.3 is 9.88 Å². The number of aromatic nitrogens is 2. The summed E-state index contributed by atoms with van der Waals surface area (Å²) in [5.41, 5.74) is 0. The molecular formula is C13H25N3. The summed E-state index contributed by atoms with van der Waals surface area (Å²) in [6, 6.07) is 0. The van der Waals surface area contributed by atoms with Gasteiger partial charge in [0, 0.05) is 24.9 Å². The molecule has 0 radical (unpaired) electrons. The minimum Gasteiger partial charge on any atom is -0.335 e. The van der Waals surface area contributed by atoms with Crippen molar-refractivity contribution in [1.29, 1.82) is 0 Å². The lowest BCUT2D eigenvalue weighted by molar-refractivity contribution is 0.424. The van der Waals surface area contributed by atoms with Gasteiger partial charge in [-0.3, -0.25) is 0 Å². The van der Waals surface area contributed by atoms with Crippen LogP contribution in [0, 0.1) is 5.92 Å². The minimum atomic E-state index is 0.514. The van der Waals surface area contributed by atoms with E-state index in [9.17, 15) is 0 Å². The number of hydrogen-bond acceptors (Lipinski definition) is 2. The summed E-state index contributed by atoms with van der Waals surface area (Å²) >= 11 is 0. The van der Waals surface area contributed by atoms with E-state index >= 15 is 0 Å². The highest BCUT2D eigenvalue weighted by molar-refractivity contribution is 5.01. The van der Waals surface area contributed by atoms with Crippen LogP contribution in [0.3, 0.4) is 0 Å². The summed E-state index contributed by atoms with van der Waals surface area (Å²) in [7, 11) is 0. The van der Waals surface area contributed by atoms with E-state index in [4.69, 9.17) is 0 Å². The Morgan fingerprint density at radius 3 is 2.75 bits per heavy atom. The number of aryl methyl sites for hydroxylation is 1. The predicted molar refractivity (Wildman–Crippen MR) is 68.6 cm³/mol. The van der Waals surface area contributed by atoms with Crippen molar-refractivity contribution in [3.63, 3.8) is 0 Å². The molecule has 0 amide bonds. The van der Waals surface area contributed by atoms with Gasteiger partial charge in [0.05, 0.1) is 0 Å². The fourth-order valence-corrected chi connectivity index (χ4v) is 1.95. The highest BCUT2D eigenvalue weighted by atomic mass is 15.1. The number of imidazole rings is 1. The van der Waals surface area contributed by atoms with Gasteiger partial charge in [-0.25, -0.2) is 4.98 Å². The van der Waals surface area contributed by atoms with E-state index in [0.29, 0.717) is 11.8 Å². The molecule has 0 aromatic carbocycles. The van der Waals surface area contributed by atoms with Crippen LogP contribution in [0.4, 0.5) is 0 Å². The van der Waals surface area contributed by atoms with E-state index < -0.39 is 0 Å². The van der Waals surface area contributed by atoms with Crippen LogP contribution in [0.15, 0.2) is 12.4 Å². The first-order valence-corrected chi connectivity index (χ1v) is 6.42. The molecule has 1 aromatic heterocycles. The SMILES string of the molecule is CCCn1ccnc1C(C)C(C)CNCC. The molecule has 1 aromatic rings. The summed E-state index contributed by atoms with van der Waals surface area (Å²) in [6.07, 6.45) is 5.18. The Morgan fingerprint density at radius 1 is 1.38 bits per heavy atom. The minimum absolute atomic E-state index is 0.514. The predicted octanol–water partition coefficient (Wildman–Crippen LogP) is 2.64. The fraction of sp³-hybridized carbons (Fsp3) is 0.769. The molecule has 0 fully saturated rings. The maximum atomic E-state index is 4.50. The lowest BCUT2D eigenvalue weighted by atomic mass is 9.95. The molecule has 92 valence electrons. The number of hydrogen-bond donors (Lipinski definition) is 1. The molecule has 0 aliphatic rings. The first-order valence-electron chi connectivity index (χ1n) is 6.42. The second-order valence-electron chi connectivity index (χ2n) is 4.55. The van der Waals surface area contributed by atoms with Crippen molar-refractivity contribution in [2.45, 2.75) is 46.6 Å². The number of rotatable bonds is 7. The Kier molecular flexibility index (Phi) is 5.53. The fourth-order valence-electron chi connectivity index (χ4n) is 1.95. The molecule has 3 nitrogen and oxygen atoms in total. The Balaban J connectivity index is 2.63. The van der Waals surface area contributed by atoms with Crippen LogP contribution >= 0.6 is 0 Å². The van der Waals surface area contributed by atoms with E-state index in [1.165, 1.54) is 5.82 Å². The summed E-state index contributed by atoms with van der Waals surface area (Å²) < 4.78 is 2.28. The smallest absolute Gasteiger partial charge is 0.111 e. The van der Waals surface area contributed by atoms with Crippen molar-refractivity contribution in [1.82, 2.24) is 14.9 Å². The Labute approximate surface area is 99.3 Å². The highest BCUT2D eigenvalue weighted by Gasteiger charge is 2.18. The van der Waals surface area contributed by atoms with Crippen LogP contribution in [0.5, 0.6) is 0 Å². The van der Waals surface area contributed by atoms with Gasteiger partial charge in [-0.15, -0.1) is 0 Å². The molecule has 2 atom stereocenters. The van der Waals surface area contributed by atoms with Crippen molar-refractivity contribution in [2.24, 2.45) is 5.92 Å². The highest BCUT2D eigenvalue weighted by Crippen LogP contribution is 2.22. The van der Waals surface area contributed by atoms with Crippen molar-refractivity contribution in [3.8, 4) is 0 Å². The molecule has 0 saturated carbocycles. The molecule has 2 unspecified atom stereocenters. The Hall–Kier alpha value is -0.830. The van der Waals surface area contributed by atoms with E-state index in [-0.39, 0.29) is 0 Å². The van der Waals surface area contributed by atoms with Gasteiger partial charge in [0.25, 0.3) is 0 Å². The first-order chi connectivity index (χ1) is 7.70. The number of nitrogens with zero attached hydrogens (tertiary/aromatic N) is 2.